The highest BCUT2D eigenvalue weighted by Crippen LogP contribution is 2.25. The van der Waals surface area contributed by atoms with Gasteiger partial charge < -0.3 is 15.4 Å². The number of anilines is 1. The van der Waals surface area contributed by atoms with Crippen LogP contribution in [-0.4, -0.2) is 31.0 Å². The zero-order valence-corrected chi connectivity index (χ0v) is 11.7. The molecule has 1 aromatic rings. The number of carbonyl (C=O) groups is 1. The van der Waals surface area contributed by atoms with Crippen LogP contribution >= 0.6 is 0 Å². The maximum absolute atomic E-state index is 12.5. The van der Waals surface area contributed by atoms with E-state index in [1.165, 1.54) is 19.3 Å². The monoisotopic (exact) mass is 262 g/mol. The van der Waals surface area contributed by atoms with Gasteiger partial charge in [0.1, 0.15) is 5.75 Å². The molecule has 2 N–H and O–H groups in total. The van der Waals surface area contributed by atoms with Crippen LogP contribution in [0.1, 0.15) is 42.5 Å². The number of nitrogen functional groups attached to an aromatic ring is 1. The normalized spacial score (nSPS) is 16.1. The Bertz CT molecular complexity index is 453. The van der Waals surface area contributed by atoms with Gasteiger partial charge in [-0.25, -0.2) is 0 Å². The van der Waals surface area contributed by atoms with Crippen LogP contribution in [-0.2, 0) is 0 Å². The fourth-order valence-corrected chi connectivity index (χ4v) is 2.70. The minimum absolute atomic E-state index is 0.0255. The van der Waals surface area contributed by atoms with Gasteiger partial charge in [-0.3, -0.25) is 4.79 Å². The Labute approximate surface area is 114 Å². The minimum Gasteiger partial charge on any atom is -0.497 e. The molecule has 1 aliphatic rings. The predicted octanol–water partition coefficient (Wildman–Crippen LogP) is 2.68. The summed E-state index contributed by atoms with van der Waals surface area (Å²) in [5.41, 5.74) is 6.96. The summed E-state index contributed by atoms with van der Waals surface area (Å²) in [7, 11) is 3.46. The molecule has 4 nitrogen and oxygen atoms in total. The number of hydrogen-bond donors (Lipinski definition) is 1. The standard InChI is InChI=1S/C15H22N2O2/c1-17(13-6-4-3-5-7-13)15(18)11-8-12(16)10-14(9-11)19-2/h8-10,13H,3-7,16H2,1-2H3. The lowest BCUT2D eigenvalue weighted by molar-refractivity contribution is 0.0696. The second kappa shape index (κ2) is 5.95. The van der Waals surface area contributed by atoms with E-state index in [9.17, 15) is 4.79 Å². The van der Waals surface area contributed by atoms with Crippen molar-refractivity contribution in [2.45, 2.75) is 38.1 Å². The van der Waals surface area contributed by atoms with Crippen molar-refractivity contribution in [3.05, 3.63) is 23.8 Å². The highest BCUT2D eigenvalue weighted by molar-refractivity contribution is 5.95. The largest absolute Gasteiger partial charge is 0.497 e. The van der Waals surface area contributed by atoms with Crippen molar-refractivity contribution in [1.82, 2.24) is 4.90 Å². The summed E-state index contributed by atoms with van der Waals surface area (Å²) in [4.78, 5) is 14.3. The van der Waals surface area contributed by atoms with Gasteiger partial charge in [-0.2, -0.15) is 0 Å². The predicted molar refractivity (Wildman–Crippen MR) is 76.4 cm³/mol. The van der Waals surface area contributed by atoms with E-state index in [-0.39, 0.29) is 5.91 Å². The SMILES string of the molecule is COc1cc(N)cc(C(=O)N(C)C2CCCCC2)c1. The highest BCUT2D eigenvalue weighted by atomic mass is 16.5. The van der Waals surface area contributed by atoms with Crippen molar-refractivity contribution in [2.24, 2.45) is 0 Å². The van der Waals surface area contributed by atoms with Gasteiger partial charge in [0.15, 0.2) is 0 Å². The van der Waals surface area contributed by atoms with Gasteiger partial charge in [0.05, 0.1) is 7.11 Å². The van der Waals surface area contributed by atoms with Crippen LogP contribution < -0.4 is 10.5 Å². The maximum atomic E-state index is 12.5. The molecule has 4 heteroatoms. The lowest BCUT2D eigenvalue weighted by Gasteiger charge is -2.31. The van der Waals surface area contributed by atoms with E-state index in [2.05, 4.69) is 0 Å². The molecule has 1 amide bonds. The molecule has 0 spiro atoms. The number of hydrogen-bond acceptors (Lipinski definition) is 3. The molecular weight excluding hydrogens is 240 g/mol. The van der Waals surface area contributed by atoms with Crippen LogP contribution in [0.5, 0.6) is 5.75 Å². The van der Waals surface area contributed by atoms with Gasteiger partial charge in [-0.15, -0.1) is 0 Å². The summed E-state index contributed by atoms with van der Waals surface area (Å²) in [6.07, 6.45) is 5.90. The van der Waals surface area contributed by atoms with Gasteiger partial charge in [0.2, 0.25) is 0 Å². The van der Waals surface area contributed by atoms with Gasteiger partial charge in [0.25, 0.3) is 5.91 Å². The summed E-state index contributed by atoms with van der Waals surface area (Å²) in [5, 5.41) is 0. The molecule has 0 bridgehead atoms. The first kappa shape index (κ1) is 13.7. The topological polar surface area (TPSA) is 55.6 Å². The van der Waals surface area contributed by atoms with Crippen LogP contribution in [0.25, 0.3) is 0 Å². The fourth-order valence-electron chi connectivity index (χ4n) is 2.70. The Morgan fingerprint density at radius 2 is 1.95 bits per heavy atom. The molecule has 2 rings (SSSR count). The van der Waals surface area contributed by atoms with Crippen molar-refractivity contribution in [3.8, 4) is 5.75 Å². The molecule has 0 aromatic heterocycles. The molecule has 0 saturated heterocycles. The molecule has 0 radical (unpaired) electrons. The zero-order valence-electron chi connectivity index (χ0n) is 11.7. The lowest BCUT2D eigenvalue weighted by atomic mass is 9.94. The number of methoxy groups -OCH3 is 1. The van der Waals surface area contributed by atoms with Crippen LogP contribution in [0.2, 0.25) is 0 Å². The fraction of sp³-hybridized carbons (Fsp3) is 0.533. The zero-order chi connectivity index (χ0) is 13.8. The van der Waals surface area contributed by atoms with Gasteiger partial charge in [-0.05, 0) is 25.0 Å². The number of ether oxygens (including phenoxy) is 1. The van der Waals surface area contributed by atoms with Crippen molar-refractivity contribution in [3.63, 3.8) is 0 Å². The molecule has 1 aliphatic carbocycles. The second-order valence-corrected chi connectivity index (χ2v) is 5.20. The molecule has 1 aromatic carbocycles. The molecule has 1 fully saturated rings. The summed E-state index contributed by atoms with van der Waals surface area (Å²) >= 11 is 0. The summed E-state index contributed by atoms with van der Waals surface area (Å²) < 4.78 is 5.16. The van der Waals surface area contributed by atoms with Crippen LogP contribution in [0.3, 0.4) is 0 Å². The molecule has 104 valence electrons. The summed E-state index contributed by atoms with van der Waals surface area (Å²) in [6.45, 7) is 0. The smallest absolute Gasteiger partial charge is 0.254 e. The molecule has 0 unspecified atom stereocenters. The Morgan fingerprint density at radius 3 is 2.58 bits per heavy atom. The summed E-state index contributed by atoms with van der Waals surface area (Å²) in [6, 6.07) is 5.54. The van der Waals surface area contributed by atoms with Gasteiger partial charge in [0, 0.05) is 30.4 Å². The van der Waals surface area contributed by atoms with E-state index in [1.54, 1.807) is 25.3 Å². The molecule has 1 saturated carbocycles. The van der Waals surface area contributed by atoms with Crippen molar-refractivity contribution in [2.75, 3.05) is 19.9 Å². The van der Waals surface area contributed by atoms with Crippen molar-refractivity contribution >= 4 is 11.6 Å². The molecular formula is C15H22N2O2. The Balaban J connectivity index is 2.15. The third-order valence-corrected chi connectivity index (χ3v) is 3.85. The first-order valence-corrected chi connectivity index (χ1v) is 6.83. The average molecular weight is 262 g/mol. The van der Waals surface area contributed by atoms with Crippen LogP contribution in [0.15, 0.2) is 18.2 Å². The third kappa shape index (κ3) is 3.19. The first-order chi connectivity index (χ1) is 9.11. The van der Waals surface area contributed by atoms with Crippen molar-refractivity contribution in [1.29, 1.82) is 0 Å². The van der Waals surface area contributed by atoms with E-state index in [0.717, 1.165) is 12.8 Å². The Kier molecular flexibility index (Phi) is 4.30. The van der Waals surface area contributed by atoms with Crippen LogP contribution in [0.4, 0.5) is 5.69 Å². The minimum atomic E-state index is 0.0255. The molecule has 0 aliphatic heterocycles. The number of nitrogens with two attached hydrogens (primary N) is 1. The van der Waals surface area contributed by atoms with Crippen LogP contribution in [0, 0.1) is 0 Å². The molecule has 0 atom stereocenters. The lowest BCUT2D eigenvalue weighted by Crippen LogP contribution is -2.38. The maximum Gasteiger partial charge on any atom is 0.254 e. The van der Waals surface area contributed by atoms with E-state index >= 15 is 0 Å². The Morgan fingerprint density at radius 1 is 1.26 bits per heavy atom. The number of amides is 1. The summed E-state index contributed by atoms with van der Waals surface area (Å²) in [5.74, 6) is 0.651. The first-order valence-electron chi connectivity index (χ1n) is 6.83. The molecule has 0 heterocycles. The van der Waals surface area contributed by atoms with Gasteiger partial charge in [-0.1, -0.05) is 19.3 Å². The molecule has 19 heavy (non-hydrogen) atoms. The third-order valence-electron chi connectivity index (χ3n) is 3.85. The van der Waals surface area contributed by atoms with E-state index in [0.29, 0.717) is 23.0 Å². The quantitative estimate of drug-likeness (QED) is 0.852. The van der Waals surface area contributed by atoms with Gasteiger partial charge >= 0.3 is 0 Å². The van der Waals surface area contributed by atoms with E-state index < -0.39 is 0 Å². The van der Waals surface area contributed by atoms with E-state index in [1.807, 2.05) is 11.9 Å². The van der Waals surface area contributed by atoms with E-state index in [4.69, 9.17) is 10.5 Å². The number of carbonyl (C=O) groups excluding carboxylic acids is 1. The second-order valence-electron chi connectivity index (χ2n) is 5.20. The van der Waals surface area contributed by atoms with Crippen molar-refractivity contribution < 1.29 is 9.53 Å². The number of rotatable bonds is 3. The Hall–Kier alpha value is -1.71. The number of benzene rings is 1. The highest BCUT2D eigenvalue weighted by Gasteiger charge is 2.23. The average Bonchev–Trinajstić information content (AvgIpc) is 2.46. The number of nitrogens with zero attached hydrogens (tertiary/aromatic N) is 1.